The van der Waals surface area contributed by atoms with Crippen molar-refractivity contribution in [2.45, 2.75) is 45.3 Å². The fourth-order valence-electron chi connectivity index (χ4n) is 4.45. The fourth-order valence-corrected chi connectivity index (χ4v) is 5.44. The van der Waals surface area contributed by atoms with Crippen molar-refractivity contribution >= 4 is 39.9 Å². The first-order chi connectivity index (χ1) is 16.9. The van der Waals surface area contributed by atoms with E-state index in [-0.39, 0.29) is 18.5 Å². The number of carbonyl (C=O) groups excluding carboxylic acids is 1. The number of para-hydroxylation sites is 1. The highest BCUT2D eigenvalue weighted by Gasteiger charge is 2.26. The molecule has 10 heteroatoms. The molecule has 1 aliphatic heterocycles. The van der Waals surface area contributed by atoms with Crippen molar-refractivity contribution in [3.05, 3.63) is 58.3 Å². The molecule has 1 fully saturated rings. The number of benzene rings is 1. The van der Waals surface area contributed by atoms with E-state index in [2.05, 4.69) is 29.2 Å². The highest BCUT2D eigenvalue weighted by molar-refractivity contribution is 7.19. The number of aromatic nitrogens is 2. The van der Waals surface area contributed by atoms with E-state index in [1.54, 1.807) is 34.9 Å². The number of fused-ring (bicyclic) bond motifs is 1. The van der Waals surface area contributed by atoms with Crippen molar-refractivity contribution in [3.8, 4) is 16.5 Å². The van der Waals surface area contributed by atoms with Gasteiger partial charge in [0.2, 0.25) is 5.88 Å². The molecule has 3 aromatic heterocycles. The molecule has 0 spiro atoms. The van der Waals surface area contributed by atoms with Crippen molar-refractivity contribution < 1.29 is 18.4 Å². The maximum atomic E-state index is 15.4. The predicted molar refractivity (Wildman–Crippen MR) is 135 cm³/mol. The Bertz CT molecular complexity index is 1340. The van der Waals surface area contributed by atoms with Gasteiger partial charge in [0.25, 0.3) is 0 Å². The summed E-state index contributed by atoms with van der Waals surface area (Å²) >= 11 is 7.41. The van der Waals surface area contributed by atoms with E-state index in [9.17, 15) is 4.79 Å². The molecule has 1 amide bonds. The molecule has 4 aromatic rings. The van der Waals surface area contributed by atoms with Gasteiger partial charge in [0.05, 0.1) is 21.3 Å². The summed E-state index contributed by atoms with van der Waals surface area (Å²) in [6, 6.07) is 12.9. The number of amides is 1. The van der Waals surface area contributed by atoms with Crippen LogP contribution in [0.4, 0.5) is 9.18 Å². The van der Waals surface area contributed by atoms with Crippen LogP contribution in [-0.2, 0) is 6.54 Å². The lowest BCUT2D eigenvalue weighted by molar-refractivity contribution is 0.150. The van der Waals surface area contributed by atoms with Crippen LogP contribution < -0.4 is 10.1 Å². The number of likely N-dealkylation sites (tertiary alicyclic amines) is 1. The molecule has 5 rings (SSSR count). The lowest BCUT2D eigenvalue weighted by atomic mass is 10.0. The maximum absolute atomic E-state index is 15.4. The molecule has 0 unspecified atom stereocenters. The number of thiophene rings is 1. The number of hydrogen-bond donors (Lipinski definition) is 1. The van der Waals surface area contributed by atoms with Crippen LogP contribution >= 0.6 is 22.9 Å². The molecule has 1 saturated heterocycles. The average Bonchev–Trinajstić information content (AvgIpc) is 3.55. The van der Waals surface area contributed by atoms with Crippen LogP contribution in [0.3, 0.4) is 0 Å². The number of nitrogens with zero attached hydrogens (tertiary/aromatic N) is 3. The third kappa shape index (κ3) is 5.07. The standard InChI is InChI=1S/C25H26ClFN4O3S/c1-15(2)30-11-9-16(10-12-30)28-25(32)33-24-23(27)18-5-3-4-6-19(18)31(24)14-17-13-20(34-29-17)21-7-8-22(26)35-21/h3-8,13,15-16H,9-12,14H2,1-2H3,(H,28,32). The molecule has 0 radical (unpaired) electrons. The minimum absolute atomic E-state index is 0.00546. The summed E-state index contributed by atoms with van der Waals surface area (Å²) in [5.74, 6) is -0.159. The zero-order chi connectivity index (χ0) is 24.5. The number of ether oxygens (including phenoxy) is 1. The number of halogens is 2. The first-order valence-electron chi connectivity index (χ1n) is 11.6. The smallest absolute Gasteiger partial charge is 0.390 e. The van der Waals surface area contributed by atoms with E-state index in [1.165, 1.54) is 11.3 Å². The quantitative estimate of drug-likeness (QED) is 0.332. The molecule has 7 nitrogen and oxygen atoms in total. The Hall–Kier alpha value is -2.88. The molecule has 184 valence electrons. The van der Waals surface area contributed by atoms with Crippen LogP contribution in [0.1, 0.15) is 32.4 Å². The van der Waals surface area contributed by atoms with Gasteiger partial charge in [0.15, 0.2) is 11.6 Å². The number of rotatable bonds is 6. The first-order valence-corrected chi connectivity index (χ1v) is 12.8. The van der Waals surface area contributed by atoms with Crippen LogP contribution in [0, 0.1) is 5.82 Å². The van der Waals surface area contributed by atoms with Crippen LogP contribution in [0.2, 0.25) is 4.34 Å². The molecule has 0 aliphatic carbocycles. The molecule has 1 aliphatic rings. The molecule has 0 saturated carbocycles. The fraction of sp³-hybridized carbons (Fsp3) is 0.360. The SMILES string of the molecule is CC(C)N1CCC(NC(=O)Oc2c(F)c3ccccc3n2Cc2cc(-c3ccc(Cl)s3)on2)CC1. The predicted octanol–water partition coefficient (Wildman–Crippen LogP) is 6.16. The third-order valence-electron chi connectivity index (χ3n) is 6.33. The third-order valence-corrected chi connectivity index (χ3v) is 7.58. The maximum Gasteiger partial charge on any atom is 0.414 e. The molecule has 1 aromatic carbocycles. The summed E-state index contributed by atoms with van der Waals surface area (Å²) in [7, 11) is 0. The lowest BCUT2D eigenvalue weighted by Crippen LogP contribution is -2.47. The van der Waals surface area contributed by atoms with Gasteiger partial charge in [-0.15, -0.1) is 11.3 Å². The Balaban J connectivity index is 1.36. The van der Waals surface area contributed by atoms with Crippen molar-refractivity contribution in [1.29, 1.82) is 0 Å². The van der Waals surface area contributed by atoms with Crippen molar-refractivity contribution in [2.24, 2.45) is 0 Å². The van der Waals surface area contributed by atoms with Gasteiger partial charge in [-0.2, -0.15) is 0 Å². The summed E-state index contributed by atoms with van der Waals surface area (Å²) in [5.41, 5.74) is 1.17. The second-order valence-electron chi connectivity index (χ2n) is 8.95. The van der Waals surface area contributed by atoms with E-state index >= 15 is 4.39 Å². The van der Waals surface area contributed by atoms with Crippen LogP contribution in [0.25, 0.3) is 21.5 Å². The number of piperidine rings is 1. The van der Waals surface area contributed by atoms with Gasteiger partial charge in [0, 0.05) is 36.6 Å². The van der Waals surface area contributed by atoms with Gasteiger partial charge in [0.1, 0.15) is 5.69 Å². The van der Waals surface area contributed by atoms with Gasteiger partial charge in [-0.05, 0) is 51.0 Å². The molecule has 4 heterocycles. The highest BCUT2D eigenvalue weighted by Crippen LogP contribution is 2.34. The van der Waals surface area contributed by atoms with Gasteiger partial charge in [-0.3, -0.25) is 0 Å². The Labute approximate surface area is 211 Å². The van der Waals surface area contributed by atoms with E-state index < -0.39 is 11.9 Å². The van der Waals surface area contributed by atoms with Gasteiger partial charge in [-0.1, -0.05) is 28.9 Å². The van der Waals surface area contributed by atoms with Crippen molar-refractivity contribution in [3.63, 3.8) is 0 Å². The van der Waals surface area contributed by atoms with E-state index in [4.69, 9.17) is 20.9 Å². The molecule has 1 N–H and O–H groups in total. The van der Waals surface area contributed by atoms with E-state index in [1.807, 2.05) is 12.1 Å². The highest BCUT2D eigenvalue weighted by atomic mass is 35.5. The van der Waals surface area contributed by atoms with Crippen LogP contribution in [0.5, 0.6) is 5.88 Å². The summed E-state index contributed by atoms with van der Waals surface area (Å²) in [4.78, 5) is 16.0. The Morgan fingerprint density at radius 2 is 2.06 bits per heavy atom. The monoisotopic (exact) mass is 516 g/mol. The average molecular weight is 517 g/mol. The zero-order valence-corrected chi connectivity index (χ0v) is 21.0. The first kappa shape index (κ1) is 23.8. The Kier molecular flexibility index (Phi) is 6.82. The van der Waals surface area contributed by atoms with Gasteiger partial charge in [-0.25, -0.2) is 9.18 Å². The van der Waals surface area contributed by atoms with E-state index in [0.29, 0.717) is 32.7 Å². The van der Waals surface area contributed by atoms with Crippen molar-refractivity contribution in [1.82, 2.24) is 19.9 Å². The molecule has 35 heavy (non-hydrogen) atoms. The second kappa shape index (κ2) is 10.0. The van der Waals surface area contributed by atoms with Crippen LogP contribution in [-0.4, -0.2) is 45.9 Å². The van der Waals surface area contributed by atoms with Gasteiger partial charge >= 0.3 is 6.09 Å². The minimum Gasteiger partial charge on any atom is -0.390 e. The number of hydrogen-bond acceptors (Lipinski definition) is 6. The van der Waals surface area contributed by atoms with Crippen LogP contribution in [0.15, 0.2) is 47.0 Å². The number of nitrogens with one attached hydrogen (secondary N) is 1. The Morgan fingerprint density at radius 3 is 2.77 bits per heavy atom. The normalized spacial score (nSPS) is 15.2. The molecule has 0 bridgehead atoms. The summed E-state index contributed by atoms with van der Waals surface area (Å²) in [6.45, 7) is 6.30. The molecular formula is C25H26ClFN4O3S. The summed E-state index contributed by atoms with van der Waals surface area (Å²) in [6.07, 6.45) is 0.991. The second-order valence-corrected chi connectivity index (χ2v) is 10.7. The van der Waals surface area contributed by atoms with Crippen molar-refractivity contribution in [2.75, 3.05) is 13.1 Å². The zero-order valence-electron chi connectivity index (χ0n) is 19.5. The molecular weight excluding hydrogens is 491 g/mol. The topological polar surface area (TPSA) is 72.5 Å². The lowest BCUT2D eigenvalue weighted by Gasteiger charge is -2.34. The largest absolute Gasteiger partial charge is 0.414 e. The summed E-state index contributed by atoms with van der Waals surface area (Å²) < 4.78 is 28.6. The van der Waals surface area contributed by atoms with E-state index in [0.717, 1.165) is 30.8 Å². The Morgan fingerprint density at radius 1 is 1.29 bits per heavy atom. The minimum atomic E-state index is -0.662. The number of carbonyl (C=O) groups is 1. The van der Waals surface area contributed by atoms with Gasteiger partial charge < -0.3 is 24.0 Å². The molecule has 0 atom stereocenters. The summed E-state index contributed by atoms with van der Waals surface area (Å²) in [5, 5.41) is 7.41.